The summed E-state index contributed by atoms with van der Waals surface area (Å²) in [5.41, 5.74) is 1.03. The summed E-state index contributed by atoms with van der Waals surface area (Å²) in [7, 11) is 0. The second-order valence-corrected chi connectivity index (χ2v) is 4.95. The Bertz CT molecular complexity index is 842. The van der Waals surface area contributed by atoms with Crippen LogP contribution in [0.25, 0.3) is 32.3 Å². The summed E-state index contributed by atoms with van der Waals surface area (Å²) in [6.45, 7) is 0. The molecule has 4 rings (SSSR count). The molecule has 0 saturated carbocycles. The van der Waals surface area contributed by atoms with E-state index in [4.69, 9.17) is 0 Å². The Labute approximate surface area is 110 Å². The first-order valence-electron chi connectivity index (χ1n) is 6.38. The minimum Gasteiger partial charge on any atom is -0.291 e. The fourth-order valence-corrected chi connectivity index (χ4v) is 3.00. The summed E-state index contributed by atoms with van der Waals surface area (Å²) < 4.78 is 0. The van der Waals surface area contributed by atoms with Gasteiger partial charge in [-0.15, -0.1) is 0 Å². The molecule has 0 saturated heterocycles. The van der Waals surface area contributed by atoms with Crippen LogP contribution in [0.2, 0.25) is 0 Å². The van der Waals surface area contributed by atoms with E-state index in [0.29, 0.717) is 6.42 Å². The molecule has 0 fully saturated rings. The van der Waals surface area contributed by atoms with E-state index in [1.165, 1.54) is 32.3 Å². The highest BCUT2D eigenvalue weighted by molar-refractivity contribution is 6.23. The lowest BCUT2D eigenvalue weighted by Gasteiger charge is -2.11. The van der Waals surface area contributed by atoms with Crippen molar-refractivity contribution in [3.63, 3.8) is 0 Å². The van der Waals surface area contributed by atoms with Crippen molar-refractivity contribution in [3.8, 4) is 0 Å². The number of benzene rings is 4. The van der Waals surface area contributed by atoms with Crippen molar-refractivity contribution in [2.45, 2.75) is 6.42 Å². The average molecular weight is 243 g/mol. The van der Waals surface area contributed by atoms with Crippen molar-refractivity contribution in [1.82, 2.24) is 0 Å². The van der Waals surface area contributed by atoms with Crippen molar-refractivity contribution >= 4 is 38.6 Å². The van der Waals surface area contributed by atoms with Crippen LogP contribution in [0.5, 0.6) is 0 Å². The molecule has 89 valence electrons. The molecule has 0 aromatic heterocycles. The molecule has 0 spiro atoms. The van der Waals surface area contributed by atoms with Gasteiger partial charge in [0.15, 0.2) is 0 Å². The first kappa shape index (κ1) is 10.5. The Kier molecular flexibility index (Phi) is 2.10. The molecule has 0 aliphatic rings. The van der Waals surface area contributed by atoms with Gasteiger partial charge in [0, 0.05) is 6.42 Å². The zero-order valence-corrected chi connectivity index (χ0v) is 10.3. The summed E-state index contributed by atoms with van der Waals surface area (Å²) in [6, 6.07) is 19.2. The molecule has 0 amide bonds. The SMILES string of the molecule is O=[C]Cc1cc2ccc3cccc4ccc(c1)c2c34. The lowest BCUT2D eigenvalue weighted by atomic mass is 9.92. The van der Waals surface area contributed by atoms with Crippen molar-refractivity contribution in [3.05, 3.63) is 60.2 Å². The third-order valence-electron chi connectivity index (χ3n) is 3.80. The van der Waals surface area contributed by atoms with Crippen LogP contribution in [0.3, 0.4) is 0 Å². The maximum absolute atomic E-state index is 10.6. The fourth-order valence-electron chi connectivity index (χ4n) is 3.00. The normalized spacial score (nSPS) is 11.6. The van der Waals surface area contributed by atoms with Gasteiger partial charge in [-0.1, -0.05) is 54.6 Å². The predicted molar refractivity (Wildman–Crippen MR) is 79.5 cm³/mol. The predicted octanol–water partition coefficient (Wildman–Crippen LogP) is 4.24. The van der Waals surface area contributed by atoms with Gasteiger partial charge in [0.1, 0.15) is 0 Å². The van der Waals surface area contributed by atoms with Crippen LogP contribution in [0.1, 0.15) is 5.56 Å². The van der Waals surface area contributed by atoms with Gasteiger partial charge in [-0.3, -0.25) is 4.79 Å². The van der Waals surface area contributed by atoms with Gasteiger partial charge >= 0.3 is 0 Å². The van der Waals surface area contributed by atoms with E-state index in [1.54, 1.807) is 0 Å². The van der Waals surface area contributed by atoms with Crippen molar-refractivity contribution in [2.24, 2.45) is 0 Å². The van der Waals surface area contributed by atoms with E-state index in [1.807, 2.05) is 6.29 Å². The number of rotatable bonds is 2. The van der Waals surface area contributed by atoms with Gasteiger partial charge in [0.2, 0.25) is 6.29 Å². The number of carbonyl (C=O) groups excluding carboxylic acids is 1. The highest BCUT2D eigenvalue weighted by Gasteiger charge is 2.08. The molecule has 1 nitrogen and oxygen atoms in total. The van der Waals surface area contributed by atoms with Gasteiger partial charge in [-0.2, -0.15) is 0 Å². The fraction of sp³-hybridized carbons (Fsp3) is 0.0556. The lowest BCUT2D eigenvalue weighted by Crippen LogP contribution is -1.89. The van der Waals surface area contributed by atoms with Gasteiger partial charge in [0.05, 0.1) is 0 Å². The molecule has 0 heterocycles. The Morgan fingerprint density at radius 2 is 1.26 bits per heavy atom. The molecule has 0 N–H and O–H groups in total. The largest absolute Gasteiger partial charge is 0.291 e. The van der Waals surface area contributed by atoms with Gasteiger partial charge < -0.3 is 0 Å². The molecule has 0 bridgehead atoms. The molecule has 0 unspecified atom stereocenters. The second kappa shape index (κ2) is 3.79. The van der Waals surface area contributed by atoms with E-state index < -0.39 is 0 Å². The van der Waals surface area contributed by atoms with Crippen LogP contribution in [-0.2, 0) is 11.2 Å². The van der Waals surface area contributed by atoms with Gasteiger partial charge in [-0.05, 0) is 37.9 Å². The summed E-state index contributed by atoms with van der Waals surface area (Å²) in [6.07, 6.45) is 2.34. The van der Waals surface area contributed by atoms with Crippen molar-refractivity contribution < 1.29 is 4.79 Å². The summed E-state index contributed by atoms with van der Waals surface area (Å²) >= 11 is 0. The smallest absolute Gasteiger partial charge is 0.203 e. The molecule has 4 aromatic carbocycles. The highest BCUT2D eigenvalue weighted by atomic mass is 16.1. The molecule has 1 heteroatoms. The topological polar surface area (TPSA) is 17.1 Å². The summed E-state index contributed by atoms with van der Waals surface area (Å²) in [4.78, 5) is 10.6. The monoisotopic (exact) mass is 243 g/mol. The molecule has 4 aromatic rings. The standard InChI is InChI=1S/C18H11O/c19-9-8-12-10-15-6-4-13-2-1-3-14-5-7-16(11-12)18(15)17(13)14/h1-7,10-11H,8H2. The lowest BCUT2D eigenvalue weighted by molar-refractivity contribution is 0.555. The molecular formula is C18H11O. The first-order valence-corrected chi connectivity index (χ1v) is 6.38. The minimum absolute atomic E-state index is 0.358. The van der Waals surface area contributed by atoms with Crippen LogP contribution in [-0.4, -0.2) is 6.29 Å². The van der Waals surface area contributed by atoms with Gasteiger partial charge in [-0.25, -0.2) is 0 Å². The Hall–Kier alpha value is -2.41. The zero-order chi connectivity index (χ0) is 12.8. The van der Waals surface area contributed by atoms with Crippen LogP contribution in [0.4, 0.5) is 0 Å². The van der Waals surface area contributed by atoms with Crippen LogP contribution in [0, 0.1) is 0 Å². The maximum atomic E-state index is 10.6. The second-order valence-electron chi connectivity index (χ2n) is 4.95. The molecule has 19 heavy (non-hydrogen) atoms. The first-order chi connectivity index (χ1) is 9.36. The third kappa shape index (κ3) is 1.45. The van der Waals surface area contributed by atoms with Crippen LogP contribution < -0.4 is 0 Å². The van der Waals surface area contributed by atoms with Crippen LogP contribution in [0.15, 0.2) is 54.6 Å². The number of hydrogen-bond acceptors (Lipinski definition) is 1. The van der Waals surface area contributed by atoms with Crippen molar-refractivity contribution in [2.75, 3.05) is 0 Å². The average Bonchev–Trinajstić information content (AvgIpc) is 2.45. The summed E-state index contributed by atoms with van der Waals surface area (Å²) in [5.74, 6) is 0. The number of hydrogen-bond donors (Lipinski definition) is 0. The molecular weight excluding hydrogens is 232 g/mol. The van der Waals surface area contributed by atoms with E-state index >= 15 is 0 Å². The maximum Gasteiger partial charge on any atom is 0.203 e. The van der Waals surface area contributed by atoms with Gasteiger partial charge in [0.25, 0.3) is 0 Å². The van der Waals surface area contributed by atoms with E-state index in [9.17, 15) is 4.79 Å². The molecule has 0 aliphatic heterocycles. The van der Waals surface area contributed by atoms with E-state index in [-0.39, 0.29) is 0 Å². The summed E-state index contributed by atoms with van der Waals surface area (Å²) in [5, 5.41) is 7.55. The van der Waals surface area contributed by atoms with E-state index in [0.717, 1.165) is 5.56 Å². The Morgan fingerprint density at radius 1 is 0.737 bits per heavy atom. The molecule has 1 radical (unpaired) electrons. The molecule has 0 aliphatic carbocycles. The Balaban J connectivity index is 2.25. The Morgan fingerprint density at radius 3 is 1.84 bits per heavy atom. The third-order valence-corrected chi connectivity index (χ3v) is 3.80. The zero-order valence-electron chi connectivity index (χ0n) is 10.3. The minimum atomic E-state index is 0.358. The quantitative estimate of drug-likeness (QED) is 0.481. The van der Waals surface area contributed by atoms with Crippen LogP contribution >= 0.6 is 0 Å². The highest BCUT2D eigenvalue weighted by Crippen LogP contribution is 2.34. The van der Waals surface area contributed by atoms with Crippen molar-refractivity contribution in [1.29, 1.82) is 0 Å². The van der Waals surface area contributed by atoms with E-state index in [2.05, 4.69) is 54.6 Å². The molecule has 0 atom stereocenters.